The van der Waals surface area contributed by atoms with E-state index in [1.54, 1.807) is 16.7 Å². The second kappa shape index (κ2) is 17.0. The minimum Gasteiger partial charge on any atom is -0.480 e. The van der Waals surface area contributed by atoms with E-state index in [1.165, 1.54) is 0 Å². The second-order valence-electron chi connectivity index (χ2n) is 7.19. The molecule has 1 unspecified atom stereocenters. The molecule has 0 spiro atoms. The molecule has 0 amide bonds. The molecule has 0 saturated carbocycles. The number of aliphatic carboxylic acids is 4. The number of nitrogens with zero attached hydrogens (tertiary/aromatic N) is 2. The summed E-state index contributed by atoms with van der Waals surface area (Å²) in [6.45, 7) is 2.15. The molecule has 0 fully saturated rings. The van der Waals surface area contributed by atoms with Crippen LogP contribution in [0.1, 0.15) is 26.2 Å². The molecular weight excluding hydrogens is 428 g/mol. The summed E-state index contributed by atoms with van der Waals surface area (Å²) in [5, 5.41) is 41.5. The molecule has 1 atom stereocenters. The monoisotopic (exact) mass is 462 g/mol. The minimum absolute atomic E-state index is 0.0399. The van der Waals surface area contributed by atoms with E-state index in [-0.39, 0.29) is 77.5 Å². The van der Waals surface area contributed by atoms with Gasteiger partial charge in [-0.05, 0) is 6.42 Å². The molecule has 0 aliphatic heterocycles. The molecule has 0 bridgehead atoms. The van der Waals surface area contributed by atoms with Crippen molar-refractivity contribution >= 4 is 29.7 Å². The lowest BCUT2D eigenvalue weighted by atomic mass is 10.1. The number of hydrogen-bond acceptors (Lipinski definition) is 9. The highest BCUT2D eigenvalue weighted by Gasteiger charge is 2.19. The quantitative estimate of drug-likeness (QED) is 0.105. The van der Waals surface area contributed by atoms with Crippen LogP contribution in [0.25, 0.3) is 0 Å². The van der Waals surface area contributed by atoms with Crippen LogP contribution in [-0.4, -0.2) is 125 Å². The third kappa shape index (κ3) is 16.1. The van der Waals surface area contributed by atoms with Crippen LogP contribution < -0.4 is 10.6 Å². The van der Waals surface area contributed by atoms with Gasteiger partial charge in [-0.15, -0.1) is 0 Å². The van der Waals surface area contributed by atoms with Gasteiger partial charge in [0, 0.05) is 52.1 Å². The van der Waals surface area contributed by atoms with Gasteiger partial charge in [0.2, 0.25) is 0 Å². The number of Topliss-reactive ketones (excluding diaryl/α,β-unsaturated/α-hetero) is 1. The van der Waals surface area contributed by atoms with E-state index in [0.717, 1.165) is 0 Å². The fourth-order valence-electron chi connectivity index (χ4n) is 2.83. The first kappa shape index (κ1) is 29.4. The smallest absolute Gasteiger partial charge is 0.320 e. The Bertz CT molecular complexity index is 630. The highest BCUT2D eigenvalue weighted by molar-refractivity contribution is 5.79. The molecule has 0 aliphatic carbocycles. The molecule has 0 aliphatic rings. The molecule has 6 N–H and O–H groups in total. The summed E-state index contributed by atoms with van der Waals surface area (Å²) in [4.78, 5) is 58.6. The maximum Gasteiger partial charge on any atom is 0.320 e. The summed E-state index contributed by atoms with van der Waals surface area (Å²) in [5.41, 5.74) is 0. The predicted octanol–water partition coefficient (Wildman–Crippen LogP) is -1.76. The van der Waals surface area contributed by atoms with Gasteiger partial charge in [-0.3, -0.25) is 33.8 Å². The van der Waals surface area contributed by atoms with Crippen molar-refractivity contribution < 1.29 is 44.4 Å². The lowest BCUT2D eigenvalue weighted by Gasteiger charge is -2.26. The van der Waals surface area contributed by atoms with Crippen molar-refractivity contribution in [2.75, 3.05) is 58.9 Å². The van der Waals surface area contributed by atoms with Crippen LogP contribution in [0, 0.1) is 0 Å². The summed E-state index contributed by atoms with van der Waals surface area (Å²) in [7, 11) is 0. The summed E-state index contributed by atoms with van der Waals surface area (Å²) >= 11 is 0. The number of carboxylic acids is 4. The topological polar surface area (TPSA) is 197 Å². The largest absolute Gasteiger partial charge is 0.480 e. The highest BCUT2D eigenvalue weighted by Crippen LogP contribution is 2.01. The van der Waals surface area contributed by atoms with E-state index in [9.17, 15) is 29.1 Å². The molecule has 0 rings (SSSR count). The molecule has 13 nitrogen and oxygen atoms in total. The van der Waals surface area contributed by atoms with Gasteiger partial charge in [-0.25, -0.2) is 0 Å². The van der Waals surface area contributed by atoms with Crippen LogP contribution in [0.5, 0.6) is 0 Å². The summed E-state index contributed by atoms with van der Waals surface area (Å²) in [6, 6.07) is -0.930. The number of carboxylic acid groups (broad SMARTS) is 4. The van der Waals surface area contributed by atoms with Crippen molar-refractivity contribution in [3.05, 3.63) is 0 Å². The Morgan fingerprint density at radius 2 is 1.31 bits per heavy atom. The number of rotatable bonds is 21. The molecular formula is C19H34N4O9. The summed E-state index contributed by atoms with van der Waals surface area (Å²) < 4.78 is 0. The van der Waals surface area contributed by atoms with Gasteiger partial charge in [-0.2, -0.15) is 0 Å². The molecule has 0 radical (unpaired) electrons. The van der Waals surface area contributed by atoms with E-state index in [2.05, 4.69) is 10.6 Å². The Labute approximate surface area is 186 Å². The van der Waals surface area contributed by atoms with Gasteiger partial charge in [0.25, 0.3) is 0 Å². The molecule has 184 valence electrons. The zero-order chi connectivity index (χ0) is 24.5. The SMILES string of the molecule is CCC(=O)CCC(NCCN(CCN(CCNCC(=O)O)CC(=O)O)CC(=O)O)C(=O)O. The van der Waals surface area contributed by atoms with E-state index in [1.807, 2.05) is 0 Å². The molecule has 0 heterocycles. The van der Waals surface area contributed by atoms with Crippen LogP contribution in [0.2, 0.25) is 0 Å². The average Bonchev–Trinajstić information content (AvgIpc) is 2.69. The van der Waals surface area contributed by atoms with E-state index in [0.29, 0.717) is 6.42 Å². The summed E-state index contributed by atoms with van der Waals surface area (Å²) in [6.07, 6.45) is 0.605. The van der Waals surface area contributed by atoms with Crippen molar-refractivity contribution in [3.8, 4) is 0 Å². The Balaban J connectivity index is 4.70. The average molecular weight is 463 g/mol. The van der Waals surface area contributed by atoms with Crippen LogP contribution in [0.4, 0.5) is 0 Å². The Morgan fingerprint density at radius 1 is 0.781 bits per heavy atom. The Hall–Kier alpha value is -2.61. The molecule has 32 heavy (non-hydrogen) atoms. The summed E-state index contributed by atoms with van der Waals surface area (Å²) in [5.74, 6) is -4.32. The van der Waals surface area contributed by atoms with Crippen LogP contribution in [0.15, 0.2) is 0 Å². The normalized spacial score (nSPS) is 12.1. The van der Waals surface area contributed by atoms with Crippen molar-refractivity contribution in [1.82, 2.24) is 20.4 Å². The molecule has 0 aromatic carbocycles. The fourth-order valence-corrected chi connectivity index (χ4v) is 2.83. The zero-order valence-corrected chi connectivity index (χ0v) is 18.3. The van der Waals surface area contributed by atoms with Gasteiger partial charge < -0.3 is 31.1 Å². The van der Waals surface area contributed by atoms with Crippen molar-refractivity contribution in [1.29, 1.82) is 0 Å². The first-order chi connectivity index (χ1) is 15.0. The van der Waals surface area contributed by atoms with Crippen molar-refractivity contribution in [2.24, 2.45) is 0 Å². The van der Waals surface area contributed by atoms with Crippen LogP contribution in [-0.2, 0) is 24.0 Å². The minimum atomic E-state index is -1.10. The molecule has 0 saturated heterocycles. The van der Waals surface area contributed by atoms with Crippen molar-refractivity contribution in [3.63, 3.8) is 0 Å². The molecule has 13 heteroatoms. The highest BCUT2D eigenvalue weighted by atomic mass is 16.4. The number of nitrogens with one attached hydrogen (secondary N) is 2. The predicted molar refractivity (Wildman–Crippen MR) is 113 cm³/mol. The third-order valence-electron chi connectivity index (χ3n) is 4.55. The van der Waals surface area contributed by atoms with Gasteiger partial charge >= 0.3 is 23.9 Å². The Morgan fingerprint density at radius 3 is 1.75 bits per heavy atom. The number of carbonyl (C=O) groups excluding carboxylic acids is 1. The fraction of sp³-hybridized carbons (Fsp3) is 0.737. The first-order valence-electron chi connectivity index (χ1n) is 10.3. The van der Waals surface area contributed by atoms with E-state index >= 15 is 0 Å². The lowest BCUT2D eigenvalue weighted by molar-refractivity contribution is -0.140. The second-order valence-corrected chi connectivity index (χ2v) is 7.19. The number of hydrogen-bond donors (Lipinski definition) is 6. The van der Waals surface area contributed by atoms with E-state index < -0.39 is 29.9 Å². The van der Waals surface area contributed by atoms with Crippen LogP contribution >= 0.6 is 0 Å². The molecule has 0 aromatic heterocycles. The zero-order valence-electron chi connectivity index (χ0n) is 18.3. The number of ketones is 1. The van der Waals surface area contributed by atoms with Gasteiger partial charge in [0.1, 0.15) is 11.8 Å². The van der Waals surface area contributed by atoms with Crippen molar-refractivity contribution in [2.45, 2.75) is 32.2 Å². The molecule has 0 aromatic rings. The lowest BCUT2D eigenvalue weighted by Crippen LogP contribution is -2.46. The van der Waals surface area contributed by atoms with Crippen LogP contribution in [0.3, 0.4) is 0 Å². The Kier molecular flexibility index (Phi) is 15.6. The first-order valence-corrected chi connectivity index (χ1v) is 10.3. The maximum atomic E-state index is 11.4. The van der Waals surface area contributed by atoms with Gasteiger partial charge in [0.15, 0.2) is 0 Å². The standard InChI is InChI=1S/C19H34N4O9/c1-2-14(24)3-4-15(19(31)32)21-6-8-23(13-18(29)30)10-9-22(12-17(27)28)7-5-20-11-16(25)26/h15,20-21H,2-13H2,1H3,(H,25,26)(H,27,28)(H,29,30)(H,31,32). The maximum absolute atomic E-state index is 11.4. The van der Waals surface area contributed by atoms with Gasteiger partial charge in [-0.1, -0.05) is 6.92 Å². The van der Waals surface area contributed by atoms with E-state index in [4.69, 9.17) is 15.3 Å². The third-order valence-corrected chi connectivity index (χ3v) is 4.55. The van der Waals surface area contributed by atoms with Gasteiger partial charge in [0.05, 0.1) is 19.6 Å². The number of carbonyl (C=O) groups is 5.